The van der Waals surface area contributed by atoms with Gasteiger partial charge in [0.2, 0.25) is 0 Å². The third-order valence-electron chi connectivity index (χ3n) is 1.93. The number of aromatic carboxylic acids is 1. The Kier molecular flexibility index (Phi) is 1.96. The van der Waals surface area contributed by atoms with Gasteiger partial charge in [0.1, 0.15) is 11.4 Å². The molecule has 0 amide bonds. The molecular weight excluding hydrogens is 198 g/mol. The van der Waals surface area contributed by atoms with Gasteiger partial charge in [0.15, 0.2) is 5.65 Å². The molecule has 0 saturated carbocycles. The molecule has 0 radical (unpaired) electrons. The van der Waals surface area contributed by atoms with E-state index in [-0.39, 0.29) is 17.0 Å². The lowest BCUT2D eigenvalue weighted by atomic mass is 10.2. The van der Waals surface area contributed by atoms with E-state index in [1.54, 1.807) is 6.92 Å². The van der Waals surface area contributed by atoms with Crippen molar-refractivity contribution in [2.45, 2.75) is 6.92 Å². The van der Waals surface area contributed by atoms with Gasteiger partial charge in [0, 0.05) is 6.20 Å². The van der Waals surface area contributed by atoms with Gasteiger partial charge in [-0.15, -0.1) is 0 Å². The molecule has 0 aliphatic rings. The Hall–Kier alpha value is -2.24. The van der Waals surface area contributed by atoms with E-state index in [9.17, 15) is 9.59 Å². The number of hydrogen-bond acceptors (Lipinski definition) is 4. The van der Waals surface area contributed by atoms with Crippen LogP contribution in [0.1, 0.15) is 16.2 Å². The van der Waals surface area contributed by atoms with Crippen LogP contribution in [-0.2, 0) is 0 Å². The van der Waals surface area contributed by atoms with Crippen molar-refractivity contribution in [2.75, 3.05) is 0 Å². The van der Waals surface area contributed by atoms with Crippen LogP contribution in [0.3, 0.4) is 0 Å². The van der Waals surface area contributed by atoms with Crippen LogP contribution in [0.4, 0.5) is 0 Å². The van der Waals surface area contributed by atoms with Crippen molar-refractivity contribution in [3.8, 4) is 0 Å². The van der Waals surface area contributed by atoms with Crippen LogP contribution in [0, 0.1) is 6.92 Å². The standard InChI is InChI=1S/C9H7N3O3/c1-5-10-7-6(8(13)14)3-2-4-12(7)9(15)11-5/h2-4H,1H3,(H,13,14). The topological polar surface area (TPSA) is 84.6 Å². The molecule has 15 heavy (non-hydrogen) atoms. The summed E-state index contributed by atoms with van der Waals surface area (Å²) in [6.45, 7) is 1.54. The van der Waals surface area contributed by atoms with E-state index >= 15 is 0 Å². The van der Waals surface area contributed by atoms with Crippen molar-refractivity contribution in [1.82, 2.24) is 14.4 Å². The van der Waals surface area contributed by atoms with Crippen LogP contribution < -0.4 is 5.69 Å². The van der Waals surface area contributed by atoms with E-state index in [2.05, 4.69) is 9.97 Å². The summed E-state index contributed by atoms with van der Waals surface area (Å²) in [5, 5.41) is 8.89. The summed E-state index contributed by atoms with van der Waals surface area (Å²) in [5.74, 6) is -0.862. The predicted octanol–water partition coefficient (Wildman–Crippen LogP) is 0.0961. The van der Waals surface area contributed by atoms with E-state index < -0.39 is 11.7 Å². The first-order chi connectivity index (χ1) is 7.09. The molecular formula is C9H7N3O3. The number of hydrogen-bond donors (Lipinski definition) is 1. The quantitative estimate of drug-likeness (QED) is 0.713. The summed E-state index contributed by atoms with van der Waals surface area (Å²) in [5.41, 5.74) is -0.428. The van der Waals surface area contributed by atoms with Crippen LogP contribution >= 0.6 is 0 Å². The normalized spacial score (nSPS) is 10.5. The number of pyridine rings is 1. The molecule has 0 unspecified atom stereocenters. The molecule has 6 nitrogen and oxygen atoms in total. The maximum atomic E-state index is 11.4. The highest BCUT2D eigenvalue weighted by atomic mass is 16.4. The average Bonchev–Trinajstić information content (AvgIpc) is 2.16. The summed E-state index contributed by atoms with van der Waals surface area (Å²) in [6, 6.07) is 2.86. The fourth-order valence-electron chi connectivity index (χ4n) is 1.31. The van der Waals surface area contributed by atoms with Gasteiger partial charge in [-0.2, -0.15) is 4.98 Å². The second-order valence-corrected chi connectivity index (χ2v) is 2.97. The molecule has 0 aliphatic carbocycles. The van der Waals surface area contributed by atoms with E-state index in [4.69, 9.17) is 5.11 Å². The van der Waals surface area contributed by atoms with E-state index in [1.807, 2.05) is 0 Å². The van der Waals surface area contributed by atoms with Crippen LogP contribution in [0.25, 0.3) is 5.65 Å². The number of fused-ring (bicyclic) bond motifs is 1. The third kappa shape index (κ3) is 1.45. The van der Waals surface area contributed by atoms with Gasteiger partial charge < -0.3 is 5.11 Å². The first-order valence-electron chi connectivity index (χ1n) is 4.19. The summed E-state index contributed by atoms with van der Waals surface area (Å²) in [6.07, 6.45) is 1.43. The van der Waals surface area contributed by atoms with Crippen molar-refractivity contribution in [3.05, 3.63) is 40.2 Å². The molecule has 2 rings (SSSR count). The Morgan fingerprint density at radius 2 is 2.20 bits per heavy atom. The number of carbonyl (C=O) groups is 1. The molecule has 2 heterocycles. The smallest absolute Gasteiger partial charge is 0.355 e. The number of carboxylic acid groups (broad SMARTS) is 1. The lowest BCUT2D eigenvalue weighted by Crippen LogP contribution is -2.21. The predicted molar refractivity (Wildman–Crippen MR) is 51.0 cm³/mol. The van der Waals surface area contributed by atoms with Crippen molar-refractivity contribution in [3.63, 3.8) is 0 Å². The van der Waals surface area contributed by atoms with E-state index in [0.29, 0.717) is 0 Å². The van der Waals surface area contributed by atoms with Gasteiger partial charge in [0.05, 0.1) is 0 Å². The SMILES string of the molecule is Cc1nc(=O)n2cccc(C(=O)O)c2n1. The highest BCUT2D eigenvalue weighted by Gasteiger charge is 2.11. The second-order valence-electron chi connectivity index (χ2n) is 2.97. The zero-order valence-electron chi connectivity index (χ0n) is 7.84. The highest BCUT2D eigenvalue weighted by molar-refractivity contribution is 5.94. The Morgan fingerprint density at radius 1 is 1.47 bits per heavy atom. The van der Waals surface area contributed by atoms with Crippen LogP contribution in [0.2, 0.25) is 0 Å². The molecule has 0 spiro atoms. The molecule has 0 fully saturated rings. The van der Waals surface area contributed by atoms with Crippen molar-refractivity contribution < 1.29 is 9.90 Å². The molecule has 2 aromatic heterocycles. The third-order valence-corrected chi connectivity index (χ3v) is 1.93. The van der Waals surface area contributed by atoms with Crippen molar-refractivity contribution in [2.24, 2.45) is 0 Å². The molecule has 2 aromatic rings. The lowest BCUT2D eigenvalue weighted by Gasteiger charge is -2.02. The Labute approximate surface area is 83.8 Å². The van der Waals surface area contributed by atoms with Crippen LogP contribution in [0.15, 0.2) is 23.1 Å². The minimum absolute atomic E-state index is 0.0138. The maximum absolute atomic E-state index is 11.4. The monoisotopic (exact) mass is 205 g/mol. The molecule has 0 aromatic carbocycles. The number of aryl methyl sites for hydroxylation is 1. The summed E-state index contributed by atoms with van der Waals surface area (Å²) < 4.78 is 1.11. The van der Waals surface area contributed by atoms with E-state index in [1.165, 1.54) is 18.3 Å². The summed E-state index contributed by atoms with van der Waals surface area (Å²) >= 11 is 0. The fraction of sp³-hybridized carbons (Fsp3) is 0.111. The van der Waals surface area contributed by atoms with Crippen molar-refractivity contribution in [1.29, 1.82) is 0 Å². The molecule has 1 N–H and O–H groups in total. The van der Waals surface area contributed by atoms with Crippen LogP contribution in [0.5, 0.6) is 0 Å². The first kappa shape index (κ1) is 9.32. The highest BCUT2D eigenvalue weighted by Crippen LogP contribution is 2.05. The molecule has 0 aliphatic heterocycles. The molecule has 0 bridgehead atoms. The molecule has 0 atom stereocenters. The van der Waals surface area contributed by atoms with Gasteiger partial charge >= 0.3 is 11.7 Å². The maximum Gasteiger partial charge on any atom is 0.355 e. The lowest BCUT2D eigenvalue weighted by molar-refractivity contribution is 0.0698. The largest absolute Gasteiger partial charge is 0.478 e. The minimum Gasteiger partial charge on any atom is -0.478 e. The van der Waals surface area contributed by atoms with Crippen LogP contribution in [-0.4, -0.2) is 25.4 Å². The number of rotatable bonds is 1. The summed E-state index contributed by atoms with van der Waals surface area (Å²) in [4.78, 5) is 29.8. The number of aromatic nitrogens is 3. The van der Waals surface area contributed by atoms with Gasteiger partial charge in [-0.3, -0.25) is 4.40 Å². The number of carboxylic acids is 1. The zero-order chi connectivity index (χ0) is 11.0. The Morgan fingerprint density at radius 3 is 2.87 bits per heavy atom. The van der Waals surface area contributed by atoms with Gasteiger partial charge in [-0.25, -0.2) is 14.6 Å². The van der Waals surface area contributed by atoms with E-state index in [0.717, 1.165) is 4.40 Å². The van der Waals surface area contributed by atoms with Gasteiger partial charge in [-0.1, -0.05) is 0 Å². The van der Waals surface area contributed by atoms with Gasteiger partial charge in [-0.05, 0) is 19.1 Å². The molecule has 76 valence electrons. The first-order valence-corrected chi connectivity index (χ1v) is 4.19. The Bertz CT molecular complexity index is 603. The second kappa shape index (κ2) is 3.16. The fourth-order valence-corrected chi connectivity index (χ4v) is 1.31. The molecule has 6 heteroatoms. The number of nitrogens with zero attached hydrogens (tertiary/aromatic N) is 3. The van der Waals surface area contributed by atoms with Gasteiger partial charge in [0.25, 0.3) is 0 Å². The zero-order valence-corrected chi connectivity index (χ0v) is 7.84. The minimum atomic E-state index is -1.12. The average molecular weight is 205 g/mol. The Balaban J connectivity index is 2.97. The molecule has 0 saturated heterocycles. The summed E-state index contributed by atoms with van der Waals surface area (Å²) in [7, 11) is 0. The van der Waals surface area contributed by atoms with Crippen molar-refractivity contribution >= 4 is 11.6 Å².